The third-order valence-electron chi connectivity index (χ3n) is 3.54. The van der Waals surface area contributed by atoms with Crippen LogP contribution in [-0.4, -0.2) is 58.7 Å². The van der Waals surface area contributed by atoms with Gasteiger partial charge in [0, 0.05) is 30.1 Å². The Morgan fingerprint density at radius 3 is 3.12 bits per heavy atom. The van der Waals surface area contributed by atoms with Crippen LogP contribution in [0.3, 0.4) is 0 Å². The normalized spacial score (nSPS) is 33.1. The third-order valence-corrected chi connectivity index (χ3v) is 4.59. The molecule has 0 amide bonds. The van der Waals surface area contributed by atoms with Crippen molar-refractivity contribution in [3.8, 4) is 0 Å². The van der Waals surface area contributed by atoms with E-state index in [9.17, 15) is 4.79 Å². The average Bonchev–Trinajstić information content (AvgIpc) is 2.29. The van der Waals surface area contributed by atoms with Crippen molar-refractivity contribution >= 4 is 17.7 Å². The first-order valence-corrected chi connectivity index (χ1v) is 7.14. The van der Waals surface area contributed by atoms with Gasteiger partial charge in [-0.25, -0.2) is 0 Å². The fourth-order valence-electron chi connectivity index (χ4n) is 2.60. The van der Waals surface area contributed by atoms with Gasteiger partial charge in [-0.05, 0) is 26.3 Å². The van der Waals surface area contributed by atoms with Gasteiger partial charge in [0.2, 0.25) is 0 Å². The minimum absolute atomic E-state index is 0.354. The summed E-state index contributed by atoms with van der Waals surface area (Å²) in [6, 6.07) is 0.457. The maximum atomic E-state index is 10.9. The van der Waals surface area contributed by atoms with Gasteiger partial charge in [0.1, 0.15) is 6.04 Å². The van der Waals surface area contributed by atoms with E-state index in [4.69, 9.17) is 5.11 Å². The van der Waals surface area contributed by atoms with E-state index in [1.807, 2.05) is 11.8 Å². The molecule has 0 aromatic rings. The maximum Gasteiger partial charge on any atom is 0.320 e. The molecule has 0 spiro atoms. The zero-order chi connectivity index (χ0) is 11.5. The molecule has 92 valence electrons. The molecule has 2 fully saturated rings. The molecular formula is C11H20N2O2S. The Labute approximate surface area is 101 Å². The summed E-state index contributed by atoms with van der Waals surface area (Å²) in [5.41, 5.74) is 0. The molecule has 0 radical (unpaired) electrons. The molecule has 2 heterocycles. The van der Waals surface area contributed by atoms with Gasteiger partial charge in [0.05, 0.1) is 0 Å². The summed E-state index contributed by atoms with van der Waals surface area (Å²) in [4.78, 5) is 13.4. The second kappa shape index (κ2) is 5.38. The van der Waals surface area contributed by atoms with Crippen molar-refractivity contribution in [1.82, 2.24) is 10.2 Å². The predicted octanol–water partition coefficient (Wildman–Crippen LogP) is 0.629. The van der Waals surface area contributed by atoms with E-state index in [0.717, 1.165) is 18.7 Å². The summed E-state index contributed by atoms with van der Waals surface area (Å²) in [5.74, 6) is 1.61. The third kappa shape index (κ3) is 2.70. The molecule has 3 atom stereocenters. The van der Waals surface area contributed by atoms with Gasteiger partial charge in [-0.15, -0.1) is 0 Å². The Bertz CT molecular complexity index is 260. The van der Waals surface area contributed by atoms with Crippen molar-refractivity contribution in [2.24, 2.45) is 0 Å². The summed E-state index contributed by atoms with van der Waals surface area (Å²) in [6.45, 7) is 4.08. The molecular weight excluding hydrogens is 224 g/mol. The van der Waals surface area contributed by atoms with Crippen molar-refractivity contribution in [2.45, 2.75) is 37.9 Å². The van der Waals surface area contributed by atoms with Gasteiger partial charge in [0.25, 0.3) is 0 Å². The molecule has 0 aromatic heterocycles. The van der Waals surface area contributed by atoms with E-state index in [1.165, 1.54) is 18.7 Å². The monoisotopic (exact) mass is 244 g/mol. The van der Waals surface area contributed by atoms with Gasteiger partial charge in [-0.3, -0.25) is 9.69 Å². The number of nitrogens with zero attached hydrogens (tertiary/aromatic N) is 1. The summed E-state index contributed by atoms with van der Waals surface area (Å²) >= 11 is 1.99. The lowest BCUT2D eigenvalue weighted by molar-refractivity contribution is -0.139. The van der Waals surface area contributed by atoms with Crippen LogP contribution < -0.4 is 5.32 Å². The number of carbonyl (C=O) groups is 1. The Morgan fingerprint density at radius 1 is 1.56 bits per heavy atom. The lowest BCUT2D eigenvalue weighted by Crippen LogP contribution is -2.59. The van der Waals surface area contributed by atoms with Crippen LogP contribution in [0.15, 0.2) is 0 Å². The molecule has 2 aliphatic rings. The molecule has 2 rings (SSSR count). The quantitative estimate of drug-likeness (QED) is 0.762. The van der Waals surface area contributed by atoms with Gasteiger partial charge in [-0.2, -0.15) is 11.8 Å². The average molecular weight is 244 g/mol. The summed E-state index contributed by atoms with van der Waals surface area (Å²) < 4.78 is 0. The van der Waals surface area contributed by atoms with Crippen LogP contribution >= 0.6 is 11.8 Å². The van der Waals surface area contributed by atoms with Crippen LogP contribution in [0.4, 0.5) is 0 Å². The first kappa shape index (κ1) is 12.2. The molecule has 0 aromatic carbocycles. The molecule has 2 N–H and O–H groups in total. The Hall–Kier alpha value is -0.260. The maximum absolute atomic E-state index is 10.9. The molecule has 0 bridgehead atoms. The molecule has 0 aliphatic carbocycles. The Balaban J connectivity index is 1.94. The van der Waals surface area contributed by atoms with Crippen molar-refractivity contribution in [1.29, 1.82) is 0 Å². The first-order chi connectivity index (χ1) is 7.68. The predicted molar refractivity (Wildman–Crippen MR) is 65.9 cm³/mol. The highest BCUT2D eigenvalue weighted by Gasteiger charge is 2.34. The summed E-state index contributed by atoms with van der Waals surface area (Å²) in [5, 5.41) is 12.2. The molecule has 5 heteroatoms. The number of carboxylic acid groups (broad SMARTS) is 1. The highest BCUT2D eigenvalue weighted by Crippen LogP contribution is 2.25. The number of thioether (sulfide) groups is 1. The number of nitrogens with one attached hydrogen (secondary N) is 1. The second-order valence-electron chi connectivity index (χ2n) is 4.65. The number of rotatable bonds is 3. The Kier molecular flexibility index (Phi) is 4.10. The molecule has 0 saturated carbocycles. The van der Waals surface area contributed by atoms with E-state index in [-0.39, 0.29) is 0 Å². The molecule has 3 unspecified atom stereocenters. The zero-order valence-corrected chi connectivity index (χ0v) is 10.5. The number of hydrogen-bond acceptors (Lipinski definition) is 4. The number of fused-ring (bicyclic) bond motifs is 1. The minimum Gasteiger partial charge on any atom is -0.480 e. The number of carboxylic acids is 1. The van der Waals surface area contributed by atoms with Crippen LogP contribution in [0.2, 0.25) is 0 Å². The topological polar surface area (TPSA) is 52.6 Å². The lowest BCUT2D eigenvalue weighted by atomic mass is 9.96. The molecule has 16 heavy (non-hydrogen) atoms. The van der Waals surface area contributed by atoms with Crippen LogP contribution in [0, 0.1) is 0 Å². The van der Waals surface area contributed by atoms with Crippen LogP contribution in [0.5, 0.6) is 0 Å². The fraction of sp³-hybridized carbons (Fsp3) is 0.909. The van der Waals surface area contributed by atoms with Crippen molar-refractivity contribution in [3.05, 3.63) is 0 Å². The van der Waals surface area contributed by atoms with Gasteiger partial charge < -0.3 is 10.4 Å². The smallest absolute Gasteiger partial charge is 0.320 e. The fourth-order valence-corrected chi connectivity index (χ4v) is 3.81. The van der Waals surface area contributed by atoms with E-state index >= 15 is 0 Å². The van der Waals surface area contributed by atoms with E-state index in [1.54, 1.807) is 6.92 Å². The van der Waals surface area contributed by atoms with E-state index in [2.05, 4.69) is 10.2 Å². The second-order valence-corrected chi connectivity index (χ2v) is 5.80. The van der Waals surface area contributed by atoms with E-state index in [0.29, 0.717) is 12.1 Å². The zero-order valence-electron chi connectivity index (χ0n) is 9.69. The number of piperidine rings is 1. The van der Waals surface area contributed by atoms with Gasteiger partial charge >= 0.3 is 5.97 Å². The van der Waals surface area contributed by atoms with Crippen molar-refractivity contribution in [3.63, 3.8) is 0 Å². The number of aliphatic carboxylic acids is 1. The van der Waals surface area contributed by atoms with E-state index < -0.39 is 12.0 Å². The number of hydrogen-bond donors (Lipinski definition) is 2. The SMILES string of the molecule is CC(NC1CCCN2CCSCC12)C(=O)O. The lowest BCUT2D eigenvalue weighted by Gasteiger charge is -2.44. The molecule has 2 saturated heterocycles. The first-order valence-electron chi connectivity index (χ1n) is 5.99. The standard InChI is InChI=1S/C11H20N2O2S/c1-8(11(14)15)12-9-3-2-4-13-5-6-16-7-10(9)13/h8-10,12H,2-7H2,1H3,(H,14,15). The molecule has 4 nitrogen and oxygen atoms in total. The van der Waals surface area contributed by atoms with Crippen molar-refractivity contribution in [2.75, 3.05) is 24.6 Å². The van der Waals surface area contributed by atoms with Crippen LogP contribution in [0.25, 0.3) is 0 Å². The Morgan fingerprint density at radius 2 is 2.38 bits per heavy atom. The highest BCUT2D eigenvalue weighted by atomic mass is 32.2. The highest BCUT2D eigenvalue weighted by molar-refractivity contribution is 7.99. The largest absolute Gasteiger partial charge is 0.480 e. The van der Waals surface area contributed by atoms with Gasteiger partial charge in [-0.1, -0.05) is 0 Å². The van der Waals surface area contributed by atoms with Gasteiger partial charge in [0.15, 0.2) is 0 Å². The summed E-state index contributed by atoms with van der Waals surface area (Å²) in [7, 11) is 0. The summed E-state index contributed by atoms with van der Waals surface area (Å²) in [6.07, 6.45) is 2.30. The van der Waals surface area contributed by atoms with Crippen molar-refractivity contribution < 1.29 is 9.90 Å². The van der Waals surface area contributed by atoms with Crippen LogP contribution in [-0.2, 0) is 4.79 Å². The molecule has 2 aliphatic heterocycles. The minimum atomic E-state index is -0.749. The van der Waals surface area contributed by atoms with Crippen LogP contribution in [0.1, 0.15) is 19.8 Å².